The molecule has 8 heteroatoms. The second-order valence-electron chi connectivity index (χ2n) is 5.30. The van der Waals surface area contributed by atoms with Crippen molar-refractivity contribution in [1.82, 2.24) is 4.98 Å². The third kappa shape index (κ3) is 5.49. The molecule has 1 amide bonds. The third-order valence-corrected chi connectivity index (χ3v) is 3.93. The summed E-state index contributed by atoms with van der Waals surface area (Å²) in [6.07, 6.45) is 2.77. The molecule has 23 heavy (non-hydrogen) atoms. The Kier molecular flexibility index (Phi) is 9.46. The number of amides is 1. The predicted octanol–water partition coefficient (Wildman–Crippen LogP) is 2.22. The minimum absolute atomic E-state index is 0. The van der Waals surface area contributed by atoms with Crippen molar-refractivity contribution < 1.29 is 9.53 Å². The first kappa shape index (κ1) is 21.9. The van der Waals surface area contributed by atoms with Crippen LogP contribution in [-0.4, -0.2) is 42.7 Å². The van der Waals surface area contributed by atoms with E-state index in [2.05, 4.69) is 29.0 Å². The number of pyridine rings is 1. The number of carbonyl (C=O) groups excluding carboxylic acids is 1. The van der Waals surface area contributed by atoms with Crippen molar-refractivity contribution in [3.8, 4) is 0 Å². The molecule has 0 radical (unpaired) electrons. The lowest BCUT2D eigenvalue weighted by Gasteiger charge is -2.31. The maximum Gasteiger partial charge on any atom is 0.244 e. The van der Waals surface area contributed by atoms with Gasteiger partial charge in [0.2, 0.25) is 5.91 Å². The van der Waals surface area contributed by atoms with Crippen LogP contribution in [0.25, 0.3) is 0 Å². The van der Waals surface area contributed by atoms with Gasteiger partial charge in [-0.15, -0.1) is 24.8 Å². The third-order valence-electron chi connectivity index (χ3n) is 3.93. The smallest absolute Gasteiger partial charge is 0.244 e. The van der Waals surface area contributed by atoms with Crippen LogP contribution in [-0.2, 0) is 9.53 Å². The summed E-state index contributed by atoms with van der Waals surface area (Å²) >= 11 is 0. The minimum Gasteiger partial charge on any atom is -0.381 e. The number of rotatable bonds is 5. The Morgan fingerprint density at radius 1 is 1.30 bits per heavy atom. The van der Waals surface area contributed by atoms with Crippen molar-refractivity contribution >= 4 is 42.2 Å². The fourth-order valence-electron chi connectivity index (χ4n) is 2.41. The Morgan fingerprint density at radius 3 is 2.39 bits per heavy atom. The molecule has 3 N–H and O–H groups in total. The molecule has 0 aromatic carbocycles. The quantitative estimate of drug-likeness (QED) is 0.836. The van der Waals surface area contributed by atoms with Gasteiger partial charge in [-0.1, -0.05) is 0 Å². The molecule has 0 spiro atoms. The van der Waals surface area contributed by atoms with Crippen molar-refractivity contribution in [2.75, 3.05) is 36.5 Å². The van der Waals surface area contributed by atoms with Crippen molar-refractivity contribution in [2.45, 2.75) is 32.2 Å². The predicted molar refractivity (Wildman–Crippen MR) is 97.9 cm³/mol. The Balaban J connectivity index is 0.00000242. The molecule has 0 bridgehead atoms. The minimum atomic E-state index is -0.838. The summed E-state index contributed by atoms with van der Waals surface area (Å²) in [6, 6.07) is 3.77. The Bertz CT molecular complexity index is 475. The van der Waals surface area contributed by atoms with Crippen LogP contribution >= 0.6 is 24.8 Å². The fourth-order valence-corrected chi connectivity index (χ4v) is 2.41. The van der Waals surface area contributed by atoms with E-state index < -0.39 is 5.54 Å². The number of hydrogen-bond acceptors (Lipinski definition) is 5. The molecule has 0 unspecified atom stereocenters. The van der Waals surface area contributed by atoms with Crippen LogP contribution in [0.1, 0.15) is 26.7 Å². The lowest BCUT2D eigenvalue weighted by atomic mass is 9.90. The largest absolute Gasteiger partial charge is 0.381 e. The van der Waals surface area contributed by atoms with Gasteiger partial charge in [-0.05, 0) is 38.8 Å². The number of nitrogens with one attached hydrogen (secondary N) is 1. The number of anilines is 2. The standard InChI is InChI=1S/C15H24N4O2.2ClH/c1-3-19(4-2)13-6-5-12(11-17-13)18-14(20)15(16)7-9-21-10-8-15;;/h5-6,11H,3-4,7-10,16H2,1-2H3,(H,18,20);2*1H. The van der Waals surface area contributed by atoms with Gasteiger partial charge in [0, 0.05) is 26.3 Å². The lowest BCUT2D eigenvalue weighted by molar-refractivity contribution is -0.124. The monoisotopic (exact) mass is 364 g/mol. The maximum absolute atomic E-state index is 12.3. The molecule has 0 aliphatic carbocycles. The summed E-state index contributed by atoms with van der Waals surface area (Å²) in [5.41, 5.74) is 5.99. The van der Waals surface area contributed by atoms with Crippen LogP contribution in [0.5, 0.6) is 0 Å². The summed E-state index contributed by atoms with van der Waals surface area (Å²) in [4.78, 5) is 18.8. The number of carbonyl (C=O) groups is 1. The van der Waals surface area contributed by atoms with E-state index >= 15 is 0 Å². The highest BCUT2D eigenvalue weighted by Gasteiger charge is 2.35. The van der Waals surface area contributed by atoms with E-state index in [9.17, 15) is 4.79 Å². The van der Waals surface area contributed by atoms with E-state index in [1.54, 1.807) is 6.20 Å². The molecule has 1 aromatic rings. The fraction of sp³-hybridized carbons (Fsp3) is 0.600. The van der Waals surface area contributed by atoms with E-state index in [1.807, 2.05) is 12.1 Å². The number of aromatic nitrogens is 1. The second-order valence-corrected chi connectivity index (χ2v) is 5.30. The van der Waals surface area contributed by atoms with Crippen LogP contribution in [0.3, 0.4) is 0 Å². The van der Waals surface area contributed by atoms with Crippen LogP contribution in [0.15, 0.2) is 18.3 Å². The van der Waals surface area contributed by atoms with Crippen molar-refractivity contribution in [3.63, 3.8) is 0 Å². The highest BCUT2D eigenvalue weighted by atomic mass is 35.5. The zero-order valence-corrected chi connectivity index (χ0v) is 15.2. The Morgan fingerprint density at radius 2 is 1.91 bits per heavy atom. The van der Waals surface area contributed by atoms with Crippen molar-refractivity contribution in [1.29, 1.82) is 0 Å². The Labute approximate surface area is 150 Å². The number of hydrogen-bond donors (Lipinski definition) is 2. The summed E-state index contributed by atoms with van der Waals surface area (Å²) < 4.78 is 5.25. The second kappa shape index (κ2) is 9.93. The first-order chi connectivity index (χ1) is 10.1. The van der Waals surface area contributed by atoms with Crippen LogP contribution < -0.4 is 16.0 Å². The first-order valence-electron chi connectivity index (χ1n) is 7.48. The molecule has 1 aliphatic heterocycles. The number of nitrogens with zero attached hydrogens (tertiary/aromatic N) is 2. The molecule has 0 atom stereocenters. The molecule has 1 fully saturated rings. The summed E-state index contributed by atoms with van der Waals surface area (Å²) in [5.74, 6) is 0.745. The topological polar surface area (TPSA) is 80.5 Å². The molecule has 2 rings (SSSR count). The molecule has 0 saturated carbocycles. The van der Waals surface area contributed by atoms with Crippen LogP contribution in [0, 0.1) is 0 Å². The number of nitrogens with two attached hydrogens (primary N) is 1. The van der Waals surface area contributed by atoms with Crippen LogP contribution in [0.2, 0.25) is 0 Å². The Hall–Kier alpha value is -1.08. The van der Waals surface area contributed by atoms with Crippen LogP contribution in [0.4, 0.5) is 11.5 Å². The van der Waals surface area contributed by atoms with Gasteiger partial charge in [0.05, 0.1) is 11.9 Å². The number of halogens is 2. The normalized spacial score (nSPS) is 15.8. The molecule has 6 nitrogen and oxygen atoms in total. The van der Waals surface area contributed by atoms with E-state index in [4.69, 9.17) is 10.5 Å². The first-order valence-corrected chi connectivity index (χ1v) is 7.48. The zero-order chi connectivity index (χ0) is 15.3. The van der Waals surface area contributed by atoms with Gasteiger partial charge in [-0.25, -0.2) is 4.98 Å². The molecule has 1 saturated heterocycles. The highest BCUT2D eigenvalue weighted by molar-refractivity contribution is 5.98. The van der Waals surface area contributed by atoms with Gasteiger partial charge in [0.1, 0.15) is 11.4 Å². The van der Waals surface area contributed by atoms with E-state index in [1.165, 1.54) is 0 Å². The van der Waals surface area contributed by atoms with Crippen molar-refractivity contribution in [3.05, 3.63) is 18.3 Å². The van der Waals surface area contributed by atoms with E-state index in [0.29, 0.717) is 31.7 Å². The maximum atomic E-state index is 12.3. The zero-order valence-electron chi connectivity index (χ0n) is 13.6. The van der Waals surface area contributed by atoms with E-state index in [-0.39, 0.29) is 30.7 Å². The average Bonchev–Trinajstić information content (AvgIpc) is 2.51. The van der Waals surface area contributed by atoms with Gasteiger partial charge < -0.3 is 20.7 Å². The lowest BCUT2D eigenvalue weighted by Crippen LogP contribution is -2.54. The highest BCUT2D eigenvalue weighted by Crippen LogP contribution is 2.21. The molecule has 1 aliphatic rings. The van der Waals surface area contributed by atoms with Gasteiger partial charge in [0.15, 0.2) is 0 Å². The SMILES string of the molecule is CCN(CC)c1ccc(NC(=O)C2(N)CCOCC2)cn1.Cl.Cl. The van der Waals surface area contributed by atoms with E-state index in [0.717, 1.165) is 18.9 Å². The average molecular weight is 365 g/mol. The molecule has 2 heterocycles. The molecule has 1 aromatic heterocycles. The summed E-state index contributed by atoms with van der Waals surface area (Å²) in [7, 11) is 0. The molecular weight excluding hydrogens is 339 g/mol. The molecule has 132 valence electrons. The summed E-state index contributed by atoms with van der Waals surface area (Å²) in [5, 5.41) is 2.85. The van der Waals surface area contributed by atoms with Gasteiger partial charge in [0.25, 0.3) is 0 Å². The summed E-state index contributed by atoms with van der Waals surface area (Å²) in [6.45, 7) is 7.04. The van der Waals surface area contributed by atoms with Gasteiger partial charge in [-0.3, -0.25) is 4.79 Å². The number of ether oxygens (including phenoxy) is 1. The molecular formula is C15H26Cl2N4O2. The van der Waals surface area contributed by atoms with Gasteiger partial charge in [-0.2, -0.15) is 0 Å². The van der Waals surface area contributed by atoms with Crippen molar-refractivity contribution in [2.24, 2.45) is 5.73 Å². The van der Waals surface area contributed by atoms with Gasteiger partial charge >= 0.3 is 0 Å².